The fraction of sp³-hybridized carbons (Fsp3) is 0.238. The van der Waals surface area contributed by atoms with Gasteiger partial charge in [-0.1, -0.05) is 12.1 Å². The van der Waals surface area contributed by atoms with E-state index in [2.05, 4.69) is 5.32 Å². The van der Waals surface area contributed by atoms with Crippen LogP contribution in [0.25, 0.3) is 5.57 Å². The van der Waals surface area contributed by atoms with E-state index >= 15 is 0 Å². The number of carbonyl (C=O) groups excluding carboxylic acids is 2. The minimum atomic E-state index is -0.703. The molecule has 4 rings (SSSR count). The molecule has 8 heteroatoms. The number of rotatable bonds is 3. The second kappa shape index (κ2) is 7.54. The number of urea groups is 1. The third-order valence-corrected chi connectivity index (χ3v) is 5.10. The lowest BCUT2D eigenvalue weighted by Crippen LogP contribution is -2.47. The Morgan fingerprint density at radius 2 is 1.97 bits per heavy atom. The van der Waals surface area contributed by atoms with Crippen LogP contribution in [0.5, 0.6) is 5.75 Å². The van der Waals surface area contributed by atoms with Gasteiger partial charge in [0.05, 0.1) is 6.54 Å². The first-order valence-corrected chi connectivity index (χ1v) is 9.21. The van der Waals surface area contributed by atoms with Crippen molar-refractivity contribution < 1.29 is 23.5 Å². The molecule has 29 heavy (non-hydrogen) atoms. The van der Waals surface area contributed by atoms with E-state index < -0.39 is 23.4 Å². The number of anilines is 1. The monoisotopic (exact) mass is 399 g/mol. The number of hydrogen-bond donors (Lipinski definition) is 2. The second-order valence-corrected chi connectivity index (χ2v) is 7.09. The van der Waals surface area contributed by atoms with Gasteiger partial charge < -0.3 is 20.2 Å². The Morgan fingerprint density at radius 3 is 2.76 bits per heavy atom. The molecule has 0 bridgehead atoms. The minimum Gasteiger partial charge on any atom is -0.505 e. The average Bonchev–Trinajstić information content (AvgIpc) is 2.71. The van der Waals surface area contributed by atoms with Gasteiger partial charge in [-0.25, -0.2) is 13.6 Å². The van der Waals surface area contributed by atoms with Gasteiger partial charge in [0.2, 0.25) is 5.91 Å². The molecule has 0 saturated heterocycles. The van der Waals surface area contributed by atoms with Gasteiger partial charge in [-0.15, -0.1) is 0 Å². The lowest BCUT2D eigenvalue weighted by atomic mass is 10.0. The summed E-state index contributed by atoms with van der Waals surface area (Å²) in [5.74, 6) is -1.79. The Balaban J connectivity index is 1.44. The van der Waals surface area contributed by atoms with Crippen LogP contribution in [-0.2, 0) is 11.3 Å². The molecule has 2 aromatic carbocycles. The normalized spacial score (nSPS) is 16.2. The number of hydrogen-bond acceptors (Lipinski definition) is 3. The summed E-state index contributed by atoms with van der Waals surface area (Å²) in [6.07, 6.45) is 2.56. The summed E-state index contributed by atoms with van der Waals surface area (Å²) in [5, 5.41) is 12.3. The summed E-state index contributed by atoms with van der Waals surface area (Å²) in [7, 11) is 0. The standard InChI is InChI=1S/C21H19F2N3O3/c22-16-4-6-18-15(8-16)11-26(21(29)24-18)12-20(28)25-7-1-2-14(10-25)13-3-5-17(23)19(27)9-13/h2-6,8-9,27H,1,7,10-12H2,(H,24,29). The number of benzene rings is 2. The molecule has 0 aliphatic carbocycles. The van der Waals surface area contributed by atoms with E-state index in [-0.39, 0.29) is 19.0 Å². The topological polar surface area (TPSA) is 72.9 Å². The molecule has 2 aromatic rings. The Hall–Kier alpha value is -3.42. The molecular formula is C21H19F2N3O3. The smallest absolute Gasteiger partial charge is 0.322 e. The molecule has 0 fully saturated rings. The Bertz CT molecular complexity index is 1020. The zero-order valence-electron chi connectivity index (χ0n) is 15.5. The second-order valence-electron chi connectivity index (χ2n) is 7.09. The van der Waals surface area contributed by atoms with Crippen LogP contribution in [0.4, 0.5) is 19.3 Å². The molecule has 2 heterocycles. The Morgan fingerprint density at radius 1 is 1.14 bits per heavy atom. The first-order chi connectivity index (χ1) is 13.9. The quantitative estimate of drug-likeness (QED) is 0.832. The van der Waals surface area contributed by atoms with Crippen molar-refractivity contribution in [2.75, 3.05) is 25.0 Å². The van der Waals surface area contributed by atoms with Crippen molar-refractivity contribution >= 4 is 23.2 Å². The average molecular weight is 399 g/mol. The summed E-state index contributed by atoms with van der Waals surface area (Å²) in [5.41, 5.74) is 2.59. The zero-order valence-corrected chi connectivity index (χ0v) is 15.5. The lowest BCUT2D eigenvalue weighted by Gasteiger charge is -2.33. The highest BCUT2D eigenvalue weighted by Gasteiger charge is 2.27. The molecule has 2 aliphatic heterocycles. The van der Waals surface area contributed by atoms with Crippen molar-refractivity contribution in [3.8, 4) is 5.75 Å². The van der Waals surface area contributed by atoms with Crippen LogP contribution >= 0.6 is 0 Å². The zero-order chi connectivity index (χ0) is 20.5. The highest BCUT2D eigenvalue weighted by Crippen LogP contribution is 2.27. The summed E-state index contributed by atoms with van der Waals surface area (Å²) >= 11 is 0. The maximum Gasteiger partial charge on any atom is 0.322 e. The number of nitrogens with one attached hydrogen (secondary N) is 1. The maximum atomic E-state index is 13.5. The molecule has 0 aromatic heterocycles. The van der Waals surface area contributed by atoms with Gasteiger partial charge in [-0.2, -0.15) is 0 Å². The molecular weight excluding hydrogens is 380 g/mol. The van der Waals surface area contributed by atoms with Crippen molar-refractivity contribution in [1.29, 1.82) is 0 Å². The molecule has 150 valence electrons. The van der Waals surface area contributed by atoms with Gasteiger partial charge in [0, 0.05) is 18.8 Å². The highest BCUT2D eigenvalue weighted by atomic mass is 19.1. The fourth-order valence-corrected chi connectivity index (χ4v) is 3.56. The van der Waals surface area contributed by atoms with Crippen LogP contribution in [0.15, 0.2) is 42.5 Å². The SMILES string of the molecule is O=C(CN1Cc2cc(F)ccc2NC1=O)N1CCC=C(c2ccc(F)c(O)c2)C1. The third-order valence-electron chi connectivity index (χ3n) is 5.10. The van der Waals surface area contributed by atoms with Crippen LogP contribution in [0.1, 0.15) is 17.5 Å². The number of aromatic hydroxyl groups is 1. The molecule has 6 nitrogen and oxygen atoms in total. The van der Waals surface area contributed by atoms with Crippen LogP contribution < -0.4 is 5.32 Å². The summed E-state index contributed by atoms with van der Waals surface area (Å²) in [6.45, 7) is 0.803. The van der Waals surface area contributed by atoms with Gasteiger partial charge in [-0.05, 0) is 53.5 Å². The number of phenols is 1. The van der Waals surface area contributed by atoms with Crippen molar-refractivity contribution in [3.63, 3.8) is 0 Å². The van der Waals surface area contributed by atoms with Gasteiger partial charge in [0.15, 0.2) is 11.6 Å². The molecule has 0 unspecified atom stereocenters. The first-order valence-electron chi connectivity index (χ1n) is 9.21. The van der Waals surface area contributed by atoms with Crippen LogP contribution in [-0.4, -0.2) is 46.5 Å². The van der Waals surface area contributed by atoms with E-state index in [1.54, 1.807) is 11.0 Å². The molecule has 2 N–H and O–H groups in total. The van der Waals surface area contributed by atoms with Gasteiger partial charge in [-0.3, -0.25) is 4.79 Å². The van der Waals surface area contributed by atoms with E-state index in [9.17, 15) is 23.5 Å². The molecule has 0 radical (unpaired) electrons. The minimum absolute atomic E-state index is 0.135. The van der Waals surface area contributed by atoms with Crippen molar-refractivity contribution in [3.05, 3.63) is 65.2 Å². The number of fused-ring (bicyclic) bond motifs is 1. The molecule has 2 aliphatic rings. The molecule has 0 atom stereocenters. The first kappa shape index (κ1) is 18.9. The predicted molar refractivity (Wildman–Crippen MR) is 103 cm³/mol. The van der Waals surface area contributed by atoms with Gasteiger partial charge >= 0.3 is 6.03 Å². The van der Waals surface area contributed by atoms with E-state index in [1.165, 1.54) is 35.2 Å². The number of amides is 3. The van der Waals surface area contributed by atoms with Crippen molar-refractivity contribution in [2.45, 2.75) is 13.0 Å². The number of carbonyl (C=O) groups is 2. The number of halogens is 2. The van der Waals surface area contributed by atoms with E-state index in [1.807, 2.05) is 6.08 Å². The van der Waals surface area contributed by atoms with Crippen molar-refractivity contribution in [2.24, 2.45) is 0 Å². The predicted octanol–water partition coefficient (Wildman–Crippen LogP) is 3.33. The molecule has 3 amide bonds. The van der Waals surface area contributed by atoms with E-state index in [0.717, 1.165) is 5.57 Å². The largest absolute Gasteiger partial charge is 0.505 e. The van der Waals surface area contributed by atoms with Gasteiger partial charge in [0.1, 0.15) is 12.4 Å². The highest BCUT2D eigenvalue weighted by molar-refractivity contribution is 5.95. The number of phenolic OH excluding ortho intramolecular Hbond substituents is 1. The van der Waals surface area contributed by atoms with Gasteiger partial charge in [0.25, 0.3) is 0 Å². The maximum absolute atomic E-state index is 13.5. The van der Waals surface area contributed by atoms with Crippen LogP contribution in [0, 0.1) is 11.6 Å². The molecule has 0 spiro atoms. The van der Waals surface area contributed by atoms with Crippen LogP contribution in [0.3, 0.4) is 0 Å². The molecule has 0 saturated carbocycles. The fourth-order valence-electron chi connectivity index (χ4n) is 3.56. The Kier molecular flexibility index (Phi) is 4.92. The lowest BCUT2D eigenvalue weighted by molar-refractivity contribution is -0.131. The summed E-state index contributed by atoms with van der Waals surface area (Å²) in [6, 6.07) is 7.78. The van der Waals surface area contributed by atoms with Crippen molar-refractivity contribution in [1.82, 2.24) is 9.80 Å². The summed E-state index contributed by atoms with van der Waals surface area (Å²) < 4.78 is 26.8. The van der Waals surface area contributed by atoms with Crippen LogP contribution in [0.2, 0.25) is 0 Å². The Labute approximate surface area is 166 Å². The van der Waals surface area contributed by atoms with E-state index in [0.29, 0.717) is 36.3 Å². The number of nitrogens with zero attached hydrogens (tertiary/aromatic N) is 2. The van der Waals surface area contributed by atoms with E-state index in [4.69, 9.17) is 0 Å². The third kappa shape index (κ3) is 3.91. The summed E-state index contributed by atoms with van der Waals surface area (Å²) in [4.78, 5) is 28.0.